The van der Waals surface area contributed by atoms with Crippen molar-refractivity contribution in [2.24, 2.45) is 0 Å². The number of esters is 1. The minimum absolute atomic E-state index is 0.200. The molecule has 0 saturated carbocycles. The van der Waals surface area contributed by atoms with Gasteiger partial charge in [0.1, 0.15) is 18.2 Å². The molecular weight excluding hydrogens is 348 g/mol. The van der Waals surface area contributed by atoms with Gasteiger partial charge in [0.2, 0.25) is 5.91 Å². The number of aryl methyl sites for hydroxylation is 1. The Balaban J connectivity index is 0.000000433. The van der Waals surface area contributed by atoms with Gasteiger partial charge in [0.15, 0.2) is 0 Å². The van der Waals surface area contributed by atoms with E-state index in [0.717, 1.165) is 6.42 Å². The van der Waals surface area contributed by atoms with Crippen LogP contribution in [-0.2, 0) is 19.1 Å². The molecule has 1 heterocycles. The Morgan fingerprint density at radius 2 is 1.81 bits per heavy atom. The molecule has 1 atom stereocenters. The molecule has 1 unspecified atom stereocenters. The maximum Gasteiger partial charge on any atom is 0.410 e. The lowest BCUT2D eigenvalue weighted by Crippen LogP contribution is -2.48. The standard InChI is InChI=1S/C13H22N2O5.C7H8/c1-13(2,3)20-12(18)15-7-5-6-9(15)11(17)14-8-10(16)19-4;1-7-5-3-2-4-6-7/h9H,5-8H2,1-4H3,(H,14,17);2-6H,1H3. The number of rotatable bonds is 3. The first-order valence-electron chi connectivity index (χ1n) is 9.00. The number of benzene rings is 1. The molecule has 0 spiro atoms. The van der Waals surface area contributed by atoms with Crippen LogP contribution >= 0.6 is 0 Å². The van der Waals surface area contributed by atoms with Gasteiger partial charge in [0.25, 0.3) is 0 Å². The first-order valence-corrected chi connectivity index (χ1v) is 9.00. The van der Waals surface area contributed by atoms with Gasteiger partial charge in [-0.3, -0.25) is 14.5 Å². The number of amides is 2. The van der Waals surface area contributed by atoms with Crippen LogP contribution in [-0.4, -0.2) is 54.7 Å². The molecule has 0 aromatic heterocycles. The molecule has 27 heavy (non-hydrogen) atoms. The second-order valence-electron chi connectivity index (χ2n) is 7.28. The molecule has 1 aromatic carbocycles. The second kappa shape index (κ2) is 10.5. The van der Waals surface area contributed by atoms with Crippen molar-refractivity contribution in [3.8, 4) is 0 Å². The number of carbonyl (C=O) groups is 3. The average molecular weight is 378 g/mol. The highest BCUT2D eigenvalue weighted by Gasteiger charge is 2.36. The summed E-state index contributed by atoms with van der Waals surface area (Å²) in [5, 5.41) is 2.46. The molecule has 2 amide bonds. The van der Waals surface area contributed by atoms with Gasteiger partial charge in [0.05, 0.1) is 7.11 Å². The summed E-state index contributed by atoms with van der Waals surface area (Å²) in [4.78, 5) is 36.4. The summed E-state index contributed by atoms with van der Waals surface area (Å²) in [6.45, 7) is 7.67. The van der Waals surface area contributed by atoms with Crippen molar-refractivity contribution in [2.75, 3.05) is 20.2 Å². The molecular formula is C20H30N2O5. The summed E-state index contributed by atoms with van der Waals surface area (Å²) in [7, 11) is 1.25. The summed E-state index contributed by atoms with van der Waals surface area (Å²) in [6.07, 6.45) is 0.787. The Hall–Kier alpha value is -2.57. The van der Waals surface area contributed by atoms with E-state index >= 15 is 0 Å². The van der Waals surface area contributed by atoms with E-state index in [0.29, 0.717) is 13.0 Å². The Kier molecular flexibility index (Phi) is 8.78. The zero-order valence-corrected chi connectivity index (χ0v) is 16.8. The number of ether oxygens (including phenoxy) is 2. The number of nitrogens with one attached hydrogen (secondary N) is 1. The molecule has 2 rings (SSSR count). The Labute approximate surface area is 161 Å². The summed E-state index contributed by atoms with van der Waals surface area (Å²) in [6, 6.07) is 9.67. The molecule has 1 N–H and O–H groups in total. The highest BCUT2D eigenvalue weighted by atomic mass is 16.6. The van der Waals surface area contributed by atoms with Crippen LogP contribution in [0.25, 0.3) is 0 Å². The minimum Gasteiger partial charge on any atom is -0.468 e. The quantitative estimate of drug-likeness (QED) is 0.818. The molecule has 1 saturated heterocycles. The van der Waals surface area contributed by atoms with Crippen LogP contribution in [0.1, 0.15) is 39.2 Å². The fourth-order valence-corrected chi connectivity index (χ4v) is 2.46. The molecule has 7 nitrogen and oxygen atoms in total. The van der Waals surface area contributed by atoms with Crippen LogP contribution in [0.3, 0.4) is 0 Å². The highest BCUT2D eigenvalue weighted by Crippen LogP contribution is 2.20. The summed E-state index contributed by atoms with van der Waals surface area (Å²) in [5.74, 6) is -0.890. The predicted molar refractivity (Wildman–Crippen MR) is 102 cm³/mol. The third kappa shape index (κ3) is 8.57. The van der Waals surface area contributed by atoms with Gasteiger partial charge in [0, 0.05) is 6.54 Å². The van der Waals surface area contributed by atoms with E-state index in [1.54, 1.807) is 20.8 Å². The number of likely N-dealkylation sites (tertiary alicyclic amines) is 1. The lowest BCUT2D eigenvalue weighted by molar-refractivity contribution is -0.141. The van der Waals surface area contributed by atoms with E-state index in [9.17, 15) is 14.4 Å². The van der Waals surface area contributed by atoms with Crippen molar-refractivity contribution in [3.63, 3.8) is 0 Å². The lowest BCUT2D eigenvalue weighted by Gasteiger charge is -2.27. The van der Waals surface area contributed by atoms with Gasteiger partial charge < -0.3 is 14.8 Å². The maximum absolute atomic E-state index is 12.0. The summed E-state index contributed by atoms with van der Waals surface area (Å²) in [5.41, 5.74) is 0.717. The first kappa shape index (κ1) is 22.5. The largest absolute Gasteiger partial charge is 0.468 e. The van der Waals surface area contributed by atoms with Gasteiger partial charge in [-0.2, -0.15) is 0 Å². The van der Waals surface area contributed by atoms with E-state index in [4.69, 9.17) is 4.74 Å². The monoisotopic (exact) mass is 378 g/mol. The van der Waals surface area contributed by atoms with Gasteiger partial charge in [-0.15, -0.1) is 0 Å². The van der Waals surface area contributed by atoms with Crippen LogP contribution < -0.4 is 5.32 Å². The third-order valence-electron chi connectivity index (χ3n) is 3.76. The van der Waals surface area contributed by atoms with E-state index in [1.165, 1.54) is 17.6 Å². The average Bonchev–Trinajstić information content (AvgIpc) is 3.09. The molecule has 0 bridgehead atoms. The number of hydrogen-bond donors (Lipinski definition) is 1. The Bertz CT molecular complexity index is 625. The van der Waals surface area contributed by atoms with Gasteiger partial charge in [-0.05, 0) is 40.5 Å². The van der Waals surface area contributed by atoms with Crippen LogP contribution in [0, 0.1) is 6.92 Å². The zero-order chi connectivity index (χ0) is 20.4. The normalized spacial score (nSPS) is 16.0. The van der Waals surface area contributed by atoms with Crippen molar-refractivity contribution < 1.29 is 23.9 Å². The molecule has 0 aliphatic carbocycles. The lowest BCUT2D eigenvalue weighted by atomic mass is 10.2. The molecule has 1 aliphatic heterocycles. The number of methoxy groups -OCH3 is 1. The minimum atomic E-state index is -0.604. The van der Waals surface area contributed by atoms with Crippen LogP contribution in [0.5, 0.6) is 0 Å². The second-order valence-corrected chi connectivity index (χ2v) is 7.28. The van der Waals surface area contributed by atoms with Crippen molar-refractivity contribution in [2.45, 2.75) is 52.2 Å². The van der Waals surface area contributed by atoms with Gasteiger partial charge in [-0.1, -0.05) is 35.9 Å². The van der Waals surface area contributed by atoms with Crippen molar-refractivity contribution >= 4 is 18.0 Å². The molecule has 1 aromatic rings. The topological polar surface area (TPSA) is 84.9 Å². The van der Waals surface area contributed by atoms with Crippen LogP contribution in [0.4, 0.5) is 4.79 Å². The highest BCUT2D eigenvalue weighted by molar-refractivity contribution is 5.88. The third-order valence-corrected chi connectivity index (χ3v) is 3.76. The molecule has 7 heteroatoms. The predicted octanol–water partition coefficient (Wildman–Crippen LogP) is 2.67. The number of nitrogens with zero attached hydrogens (tertiary/aromatic N) is 1. The number of carbonyl (C=O) groups excluding carboxylic acids is 3. The molecule has 1 aliphatic rings. The summed E-state index contributed by atoms with van der Waals surface area (Å²) < 4.78 is 9.71. The molecule has 1 fully saturated rings. The van der Waals surface area contributed by atoms with Crippen molar-refractivity contribution in [1.82, 2.24) is 10.2 Å². The van der Waals surface area contributed by atoms with Crippen molar-refractivity contribution in [3.05, 3.63) is 35.9 Å². The van der Waals surface area contributed by atoms with Gasteiger partial charge in [-0.25, -0.2) is 4.79 Å². The van der Waals surface area contributed by atoms with Gasteiger partial charge >= 0.3 is 12.1 Å². The molecule has 0 radical (unpaired) electrons. The molecule has 150 valence electrons. The Morgan fingerprint density at radius 3 is 2.30 bits per heavy atom. The zero-order valence-electron chi connectivity index (χ0n) is 16.8. The SMILES string of the molecule is COC(=O)CNC(=O)C1CCCN1C(=O)OC(C)(C)C.Cc1ccccc1. The van der Waals surface area contributed by atoms with E-state index in [-0.39, 0.29) is 12.5 Å². The van der Waals surface area contributed by atoms with Crippen molar-refractivity contribution in [1.29, 1.82) is 0 Å². The maximum atomic E-state index is 12.0. The van der Waals surface area contributed by atoms with E-state index in [2.05, 4.69) is 29.1 Å². The fourth-order valence-electron chi connectivity index (χ4n) is 2.46. The fraction of sp³-hybridized carbons (Fsp3) is 0.550. The smallest absolute Gasteiger partial charge is 0.410 e. The van der Waals surface area contributed by atoms with Crippen LogP contribution in [0.15, 0.2) is 30.3 Å². The number of hydrogen-bond acceptors (Lipinski definition) is 5. The Morgan fingerprint density at radius 1 is 1.19 bits per heavy atom. The summed E-state index contributed by atoms with van der Waals surface area (Å²) >= 11 is 0. The van der Waals surface area contributed by atoms with E-state index in [1.807, 2.05) is 18.2 Å². The van der Waals surface area contributed by atoms with Crippen LogP contribution in [0.2, 0.25) is 0 Å². The first-order chi connectivity index (χ1) is 12.6. The van der Waals surface area contributed by atoms with E-state index < -0.39 is 23.7 Å².